The maximum Gasteiger partial charge on any atom is 0.254 e. The van der Waals surface area contributed by atoms with Crippen molar-refractivity contribution in [1.82, 2.24) is 35.1 Å². The highest BCUT2D eigenvalue weighted by Gasteiger charge is 2.64. The van der Waals surface area contributed by atoms with E-state index in [1.807, 2.05) is 30.2 Å². The number of halogens is 1. The number of fused-ring (bicyclic) bond motifs is 1. The number of anilines is 1. The molecular weight excluding hydrogens is 718 g/mol. The number of H-pyrrole nitrogens is 1. The number of pyridine rings is 2. The number of aromatic amines is 1. The second-order valence-electron chi connectivity index (χ2n) is 16.2. The molecule has 1 aromatic carbocycles. The van der Waals surface area contributed by atoms with E-state index < -0.39 is 10.8 Å². The maximum atomic E-state index is 13.5. The molecule has 0 radical (unpaired) electrons. The van der Waals surface area contributed by atoms with Gasteiger partial charge < -0.3 is 24.8 Å². The third-order valence-corrected chi connectivity index (χ3v) is 12.1. The molecule has 13 nitrogen and oxygen atoms in total. The van der Waals surface area contributed by atoms with Crippen LogP contribution in [0.5, 0.6) is 5.75 Å². The summed E-state index contributed by atoms with van der Waals surface area (Å²) in [4.78, 5) is 62.2. The molecule has 14 heteroatoms. The predicted molar refractivity (Wildman–Crippen MR) is 210 cm³/mol. The van der Waals surface area contributed by atoms with Gasteiger partial charge >= 0.3 is 0 Å². The SMILES string of the molecule is CCc1cc2ncc(CN3CCN(C(=O)C4CCN(c5ncc(C(=O)NC6C(C)(C)C(Oc7ccc(C#N)c(Cl)c7)C6(C)C)cn5)CC4)CC3)cc2[nH]c1=O. The van der Waals surface area contributed by atoms with Gasteiger partial charge in [-0.25, -0.2) is 9.97 Å². The molecule has 0 atom stereocenters. The lowest BCUT2D eigenvalue weighted by Gasteiger charge is -2.63. The van der Waals surface area contributed by atoms with E-state index in [1.165, 1.54) is 0 Å². The molecule has 5 heterocycles. The second-order valence-corrected chi connectivity index (χ2v) is 16.6. The van der Waals surface area contributed by atoms with Crippen LogP contribution in [0.2, 0.25) is 5.02 Å². The van der Waals surface area contributed by atoms with Gasteiger partial charge in [-0.15, -0.1) is 0 Å². The molecule has 1 aliphatic carbocycles. The first-order valence-corrected chi connectivity index (χ1v) is 19.4. The summed E-state index contributed by atoms with van der Waals surface area (Å²) >= 11 is 6.23. The van der Waals surface area contributed by atoms with Gasteiger partial charge in [-0.2, -0.15) is 5.26 Å². The summed E-state index contributed by atoms with van der Waals surface area (Å²) in [5, 5.41) is 12.7. The average molecular weight is 766 g/mol. The Morgan fingerprint density at radius 1 is 0.982 bits per heavy atom. The highest BCUT2D eigenvalue weighted by atomic mass is 35.5. The van der Waals surface area contributed by atoms with Crippen LogP contribution in [-0.2, 0) is 17.8 Å². The van der Waals surface area contributed by atoms with Gasteiger partial charge in [0, 0.05) is 98.8 Å². The van der Waals surface area contributed by atoms with E-state index in [-0.39, 0.29) is 35.4 Å². The molecule has 1 saturated carbocycles. The van der Waals surface area contributed by atoms with Crippen molar-refractivity contribution in [2.24, 2.45) is 16.7 Å². The molecule has 7 rings (SSSR count). The first kappa shape index (κ1) is 38.2. The van der Waals surface area contributed by atoms with Crippen LogP contribution in [-0.4, -0.2) is 93.0 Å². The molecule has 288 valence electrons. The molecule has 3 fully saturated rings. The first-order valence-electron chi connectivity index (χ1n) is 19.0. The van der Waals surface area contributed by atoms with Crippen molar-refractivity contribution in [1.29, 1.82) is 5.26 Å². The Balaban J connectivity index is 0.870. The highest BCUT2D eigenvalue weighted by molar-refractivity contribution is 6.31. The Kier molecular flexibility index (Phi) is 10.6. The summed E-state index contributed by atoms with van der Waals surface area (Å²) in [7, 11) is 0. The smallest absolute Gasteiger partial charge is 0.254 e. The van der Waals surface area contributed by atoms with Crippen molar-refractivity contribution in [3.8, 4) is 11.8 Å². The molecule has 0 bridgehead atoms. The molecule has 0 spiro atoms. The maximum absolute atomic E-state index is 13.5. The number of piperazine rings is 1. The molecule has 0 unspecified atom stereocenters. The normalized spacial score (nSPS) is 21.1. The van der Waals surface area contributed by atoms with Crippen molar-refractivity contribution in [2.45, 2.75) is 72.6 Å². The summed E-state index contributed by atoms with van der Waals surface area (Å²) in [6.45, 7) is 15.2. The number of nitriles is 1. The number of ether oxygens (including phenoxy) is 1. The number of aromatic nitrogens is 4. The number of rotatable bonds is 9. The molecule has 3 aromatic heterocycles. The zero-order chi connectivity index (χ0) is 39.1. The van der Waals surface area contributed by atoms with Crippen LogP contribution in [0, 0.1) is 28.1 Å². The summed E-state index contributed by atoms with van der Waals surface area (Å²) in [5.74, 6) is 1.04. The lowest BCUT2D eigenvalue weighted by Crippen LogP contribution is -2.74. The third-order valence-electron chi connectivity index (χ3n) is 11.8. The number of nitrogens with zero attached hydrogens (tertiary/aromatic N) is 7. The Morgan fingerprint density at radius 2 is 1.67 bits per heavy atom. The molecule has 3 aliphatic rings. The van der Waals surface area contributed by atoms with Crippen LogP contribution in [0.1, 0.15) is 74.5 Å². The van der Waals surface area contributed by atoms with Crippen molar-refractivity contribution in [2.75, 3.05) is 44.2 Å². The van der Waals surface area contributed by atoms with Crippen LogP contribution in [0.25, 0.3) is 11.0 Å². The van der Waals surface area contributed by atoms with Gasteiger partial charge in [0.15, 0.2) is 0 Å². The molecule has 2 N–H and O–H groups in total. The number of carbonyl (C=O) groups excluding carboxylic acids is 2. The van der Waals surface area contributed by atoms with Gasteiger partial charge in [0.25, 0.3) is 11.5 Å². The number of carbonyl (C=O) groups is 2. The quantitative estimate of drug-likeness (QED) is 0.238. The standard InChI is InChI=1S/C41H48ClN9O4/c1-6-26-18-32-33(47-34(26)52)17-25(21-44-32)24-49-13-15-50(16-14-49)36(54)27-9-11-51(12-10-27)39-45-22-29(23-46-39)35(53)48-37-40(2,3)38(41(37,4)5)55-30-8-7-28(20-43)31(42)19-30/h7-8,17-19,21-23,27,37-38H,6,9-16,24H2,1-5H3,(H,47,52)(H,48,53). The van der Waals surface area contributed by atoms with E-state index in [0.717, 1.165) is 48.1 Å². The Labute approximate surface area is 326 Å². The largest absolute Gasteiger partial charge is 0.489 e. The zero-order valence-corrected chi connectivity index (χ0v) is 32.8. The van der Waals surface area contributed by atoms with Gasteiger partial charge in [0.05, 0.1) is 27.2 Å². The highest BCUT2D eigenvalue weighted by Crippen LogP contribution is 2.55. The molecule has 2 aliphatic heterocycles. The number of nitrogens with one attached hydrogen (secondary N) is 2. The number of piperidine rings is 1. The summed E-state index contributed by atoms with van der Waals surface area (Å²) in [6, 6.07) is 10.8. The average Bonchev–Trinajstić information content (AvgIpc) is 3.18. The summed E-state index contributed by atoms with van der Waals surface area (Å²) in [5.41, 5.74) is 3.22. The van der Waals surface area contributed by atoms with E-state index >= 15 is 0 Å². The van der Waals surface area contributed by atoms with Crippen LogP contribution in [0.3, 0.4) is 0 Å². The van der Waals surface area contributed by atoms with E-state index in [9.17, 15) is 19.6 Å². The van der Waals surface area contributed by atoms with Gasteiger partial charge in [-0.3, -0.25) is 24.3 Å². The number of hydrogen-bond donors (Lipinski definition) is 2. The molecule has 55 heavy (non-hydrogen) atoms. The Hall–Kier alpha value is -5.06. The van der Waals surface area contributed by atoms with Gasteiger partial charge in [-0.05, 0) is 49.1 Å². The lowest BCUT2D eigenvalue weighted by atomic mass is 9.49. The summed E-state index contributed by atoms with van der Waals surface area (Å²) in [6.07, 6.45) is 6.89. The minimum Gasteiger partial charge on any atom is -0.489 e. The predicted octanol–water partition coefficient (Wildman–Crippen LogP) is 4.97. The number of amides is 2. The Morgan fingerprint density at radius 3 is 2.31 bits per heavy atom. The monoisotopic (exact) mass is 765 g/mol. The van der Waals surface area contributed by atoms with Crippen LogP contribution < -0.4 is 20.5 Å². The fourth-order valence-electron chi connectivity index (χ4n) is 8.90. The van der Waals surface area contributed by atoms with E-state index in [0.29, 0.717) is 67.0 Å². The van der Waals surface area contributed by atoms with Gasteiger partial charge in [-0.1, -0.05) is 46.2 Å². The number of benzene rings is 1. The van der Waals surface area contributed by atoms with Crippen molar-refractivity contribution >= 4 is 40.4 Å². The van der Waals surface area contributed by atoms with E-state index in [2.05, 4.69) is 68.8 Å². The summed E-state index contributed by atoms with van der Waals surface area (Å²) < 4.78 is 6.35. The number of hydrogen-bond acceptors (Lipinski definition) is 10. The van der Waals surface area contributed by atoms with Crippen LogP contribution >= 0.6 is 11.6 Å². The molecule has 2 saturated heterocycles. The number of aryl methyl sites for hydroxylation is 1. The zero-order valence-electron chi connectivity index (χ0n) is 32.1. The van der Waals surface area contributed by atoms with Crippen LogP contribution in [0.15, 0.2) is 53.7 Å². The molecule has 4 aromatic rings. The fraction of sp³-hybridized carbons (Fsp3) is 0.488. The van der Waals surface area contributed by atoms with Crippen LogP contribution in [0.4, 0.5) is 5.95 Å². The van der Waals surface area contributed by atoms with Gasteiger partial charge in [0.1, 0.15) is 17.9 Å². The Bertz CT molecular complexity index is 2170. The fourth-order valence-corrected chi connectivity index (χ4v) is 9.11. The van der Waals surface area contributed by atoms with Crippen molar-refractivity contribution < 1.29 is 14.3 Å². The van der Waals surface area contributed by atoms with E-state index in [4.69, 9.17) is 16.3 Å². The minimum absolute atomic E-state index is 0.0433. The van der Waals surface area contributed by atoms with Gasteiger partial charge in [0.2, 0.25) is 11.9 Å². The van der Waals surface area contributed by atoms with Crippen molar-refractivity contribution in [3.05, 3.63) is 86.6 Å². The topological polar surface area (TPSA) is 160 Å². The first-order chi connectivity index (χ1) is 26.3. The lowest BCUT2D eigenvalue weighted by molar-refractivity contribution is -0.164. The minimum atomic E-state index is -0.395. The molecular formula is C41H48ClN9O4. The van der Waals surface area contributed by atoms with Crippen molar-refractivity contribution in [3.63, 3.8) is 0 Å². The third kappa shape index (κ3) is 7.62. The van der Waals surface area contributed by atoms with E-state index in [1.54, 1.807) is 30.6 Å². The second kappa shape index (κ2) is 15.2. The molecule has 2 amide bonds.